The number of amides is 1. The smallest absolute Gasteiger partial charge is 0.255 e. The second kappa shape index (κ2) is 6.77. The second-order valence-electron chi connectivity index (χ2n) is 6.49. The van der Waals surface area contributed by atoms with Gasteiger partial charge in [0, 0.05) is 23.3 Å². The number of hydrogen-bond acceptors (Lipinski definition) is 3. The zero-order valence-electron chi connectivity index (χ0n) is 13.0. The van der Waals surface area contributed by atoms with Gasteiger partial charge in [0.25, 0.3) is 5.91 Å². The maximum atomic E-state index is 12.5. The minimum atomic E-state index is -0.0375. The summed E-state index contributed by atoms with van der Waals surface area (Å²) in [6.45, 7) is 7.33. The first-order chi connectivity index (χ1) is 9.91. The highest BCUT2D eigenvalue weighted by atomic mass is 79.9. The molecule has 0 aromatic carbocycles. The Labute approximate surface area is 135 Å². The number of carbonyl (C=O) groups is 1. The van der Waals surface area contributed by atoms with Crippen LogP contribution in [0.1, 0.15) is 56.8 Å². The maximum Gasteiger partial charge on any atom is 0.255 e. The average molecular weight is 354 g/mol. The molecule has 0 atom stereocenters. The van der Waals surface area contributed by atoms with E-state index in [9.17, 15) is 4.79 Å². The summed E-state index contributed by atoms with van der Waals surface area (Å²) in [5, 5.41) is 6.30. The third kappa shape index (κ3) is 4.43. The van der Waals surface area contributed by atoms with Crippen molar-refractivity contribution in [1.82, 2.24) is 10.3 Å². The van der Waals surface area contributed by atoms with Crippen molar-refractivity contribution in [2.24, 2.45) is 5.41 Å². The van der Waals surface area contributed by atoms with Gasteiger partial charge in [0.1, 0.15) is 5.82 Å². The van der Waals surface area contributed by atoms with E-state index in [2.05, 4.69) is 45.4 Å². The quantitative estimate of drug-likeness (QED) is 0.860. The molecule has 2 N–H and O–H groups in total. The number of rotatable bonds is 4. The molecule has 0 saturated heterocycles. The lowest BCUT2D eigenvalue weighted by Gasteiger charge is -2.34. The first-order valence-corrected chi connectivity index (χ1v) is 8.41. The topological polar surface area (TPSA) is 54.0 Å². The van der Waals surface area contributed by atoms with E-state index in [1.54, 1.807) is 6.20 Å². The van der Waals surface area contributed by atoms with Crippen molar-refractivity contribution >= 4 is 27.7 Å². The molecule has 0 aliphatic heterocycles. The highest BCUT2D eigenvalue weighted by Gasteiger charge is 2.28. The number of anilines is 1. The fourth-order valence-electron chi connectivity index (χ4n) is 2.73. The summed E-state index contributed by atoms with van der Waals surface area (Å²) < 4.78 is 0.819. The lowest BCUT2D eigenvalue weighted by Crippen LogP contribution is -2.39. The van der Waals surface area contributed by atoms with Crippen molar-refractivity contribution in [1.29, 1.82) is 0 Å². The molecule has 1 heterocycles. The van der Waals surface area contributed by atoms with Crippen LogP contribution in [0.15, 0.2) is 16.7 Å². The number of halogens is 1. The van der Waals surface area contributed by atoms with Gasteiger partial charge in [0.2, 0.25) is 0 Å². The minimum Gasteiger partial charge on any atom is -0.370 e. The molecule has 0 unspecified atom stereocenters. The molecule has 0 spiro atoms. The summed E-state index contributed by atoms with van der Waals surface area (Å²) in [5.41, 5.74) is 1.02. The molecule has 1 aliphatic carbocycles. The lowest BCUT2D eigenvalue weighted by molar-refractivity contribution is 0.0909. The van der Waals surface area contributed by atoms with E-state index < -0.39 is 0 Å². The van der Waals surface area contributed by atoms with Gasteiger partial charge in [-0.2, -0.15) is 0 Å². The van der Waals surface area contributed by atoms with Crippen LogP contribution in [0.4, 0.5) is 5.82 Å². The number of carbonyl (C=O) groups excluding carboxylic acids is 1. The van der Waals surface area contributed by atoms with Gasteiger partial charge in [-0.1, -0.05) is 13.8 Å². The Kier molecular flexibility index (Phi) is 5.25. The van der Waals surface area contributed by atoms with E-state index in [4.69, 9.17) is 0 Å². The van der Waals surface area contributed by atoms with Crippen LogP contribution in [0.5, 0.6) is 0 Å². The molecule has 4 nitrogen and oxygen atoms in total. The molecule has 1 saturated carbocycles. The average Bonchev–Trinajstić information content (AvgIpc) is 2.43. The van der Waals surface area contributed by atoms with Crippen LogP contribution >= 0.6 is 15.9 Å². The standard InChI is InChI=1S/C16H24BrN3O/c1-4-18-14-13(9-11(17)10-19-14)15(21)20-12-5-7-16(2,3)8-6-12/h9-10,12H,4-8H2,1-3H3,(H,18,19)(H,20,21). The number of nitrogens with one attached hydrogen (secondary N) is 2. The van der Waals surface area contributed by atoms with Gasteiger partial charge in [-0.25, -0.2) is 4.98 Å². The minimum absolute atomic E-state index is 0.0375. The number of pyridine rings is 1. The molecule has 21 heavy (non-hydrogen) atoms. The molecule has 116 valence electrons. The van der Waals surface area contributed by atoms with Gasteiger partial charge in [-0.15, -0.1) is 0 Å². The Morgan fingerprint density at radius 3 is 2.71 bits per heavy atom. The van der Waals surface area contributed by atoms with Gasteiger partial charge >= 0.3 is 0 Å². The largest absolute Gasteiger partial charge is 0.370 e. The SMILES string of the molecule is CCNc1ncc(Br)cc1C(=O)NC1CCC(C)(C)CC1. The first kappa shape index (κ1) is 16.3. The van der Waals surface area contributed by atoms with Crippen LogP contribution in [-0.2, 0) is 0 Å². The number of nitrogens with zero attached hydrogens (tertiary/aromatic N) is 1. The Morgan fingerprint density at radius 1 is 1.43 bits per heavy atom. The van der Waals surface area contributed by atoms with Crippen LogP contribution in [0.2, 0.25) is 0 Å². The molecular formula is C16H24BrN3O. The van der Waals surface area contributed by atoms with E-state index in [0.29, 0.717) is 16.8 Å². The fourth-order valence-corrected chi connectivity index (χ4v) is 3.06. The highest BCUT2D eigenvalue weighted by molar-refractivity contribution is 9.10. The van der Waals surface area contributed by atoms with Crippen molar-refractivity contribution in [2.45, 2.75) is 52.5 Å². The summed E-state index contributed by atoms with van der Waals surface area (Å²) in [5.74, 6) is 0.610. The maximum absolute atomic E-state index is 12.5. The molecule has 1 aromatic rings. The van der Waals surface area contributed by atoms with Gasteiger partial charge < -0.3 is 10.6 Å². The molecule has 1 amide bonds. The Morgan fingerprint density at radius 2 is 2.10 bits per heavy atom. The van der Waals surface area contributed by atoms with E-state index in [0.717, 1.165) is 36.7 Å². The van der Waals surface area contributed by atoms with Crippen molar-refractivity contribution in [2.75, 3.05) is 11.9 Å². The summed E-state index contributed by atoms with van der Waals surface area (Å²) in [6.07, 6.45) is 6.13. The Balaban J connectivity index is 2.05. The van der Waals surface area contributed by atoms with Crippen molar-refractivity contribution in [3.8, 4) is 0 Å². The van der Waals surface area contributed by atoms with Crippen LogP contribution in [0.25, 0.3) is 0 Å². The van der Waals surface area contributed by atoms with Crippen LogP contribution in [0.3, 0.4) is 0 Å². The Bertz CT molecular complexity index is 506. The van der Waals surface area contributed by atoms with E-state index in [1.807, 2.05) is 13.0 Å². The van der Waals surface area contributed by atoms with Gasteiger partial charge in [-0.05, 0) is 60.0 Å². The zero-order chi connectivity index (χ0) is 15.5. The predicted molar refractivity (Wildman–Crippen MR) is 89.6 cm³/mol. The number of hydrogen-bond donors (Lipinski definition) is 2. The second-order valence-corrected chi connectivity index (χ2v) is 7.41. The molecule has 0 radical (unpaired) electrons. The van der Waals surface area contributed by atoms with Crippen LogP contribution in [0, 0.1) is 5.41 Å². The number of aromatic nitrogens is 1. The van der Waals surface area contributed by atoms with Crippen LogP contribution in [-0.4, -0.2) is 23.5 Å². The summed E-state index contributed by atoms with van der Waals surface area (Å²) in [4.78, 5) is 16.8. The summed E-state index contributed by atoms with van der Waals surface area (Å²) in [6, 6.07) is 2.10. The van der Waals surface area contributed by atoms with Gasteiger partial charge in [0.05, 0.1) is 5.56 Å². The predicted octanol–water partition coefficient (Wildman–Crippen LogP) is 3.97. The van der Waals surface area contributed by atoms with E-state index in [1.165, 1.54) is 0 Å². The lowest BCUT2D eigenvalue weighted by atomic mass is 9.75. The third-order valence-electron chi connectivity index (χ3n) is 4.12. The van der Waals surface area contributed by atoms with Crippen molar-refractivity contribution in [3.05, 3.63) is 22.3 Å². The summed E-state index contributed by atoms with van der Waals surface area (Å²) in [7, 11) is 0. The van der Waals surface area contributed by atoms with E-state index in [-0.39, 0.29) is 11.9 Å². The van der Waals surface area contributed by atoms with Crippen LogP contribution < -0.4 is 10.6 Å². The van der Waals surface area contributed by atoms with Gasteiger partial charge in [-0.3, -0.25) is 4.79 Å². The molecular weight excluding hydrogens is 330 g/mol. The molecule has 1 aromatic heterocycles. The molecule has 0 bridgehead atoms. The summed E-state index contributed by atoms with van der Waals surface area (Å²) >= 11 is 3.39. The third-order valence-corrected chi connectivity index (χ3v) is 4.55. The van der Waals surface area contributed by atoms with Crippen molar-refractivity contribution in [3.63, 3.8) is 0 Å². The monoisotopic (exact) mass is 353 g/mol. The normalized spacial score (nSPS) is 18.3. The molecule has 2 rings (SSSR count). The fraction of sp³-hybridized carbons (Fsp3) is 0.625. The van der Waals surface area contributed by atoms with Crippen molar-refractivity contribution < 1.29 is 4.79 Å². The molecule has 5 heteroatoms. The molecule has 1 fully saturated rings. The Hall–Kier alpha value is -1.10. The zero-order valence-corrected chi connectivity index (χ0v) is 14.6. The van der Waals surface area contributed by atoms with E-state index >= 15 is 0 Å². The first-order valence-electron chi connectivity index (χ1n) is 7.61. The van der Waals surface area contributed by atoms with Gasteiger partial charge in [0.15, 0.2) is 0 Å². The molecule has 1 aliphatic rings. The highest BCUT2D eigenvalue weighted by Crippen LogP contribution is 2.35.